The molecule has 1 N–H and O–H groups in total. The highest BCUT2D eigenvalue weighted by Crippen LogP contribution is 2.30. The Morgan fingerprint density at radius 1 is 1.09 bits per heavy atom. The van der Waals surface area contributed by atoms with Gasteiger partial charge in [0, 0.05) is 23.7 Å². The lowest BCUT2D eigenvalue weighted by Crippen LogP contribution is -2.10. The molecule has 0 saturated carbocycles. The molecule has 0 bridgehead atoms. The number of hydrogen-bond donors (Lipinski definition) is 1. The van der Waals surface area contributed by atoms with Crippen molar-refractivity contribution in [3.8, 4) is 10.4 Å². The van der Waals surface area contributed by atoms with E-state index in [1.165, 1.54) is 0 Å². The molecule has 0 aliphatic heterocycles. The normalized spacial score (nSPS) is 11.0. The van der Waals surface area contributed by atoms with Gasteiger partial charge in [-0.3, -0.25) is 9.78 Å². The van der Waals surface area contributed by atoms with E-state index >= 15 is 0 Å². The summed E-state index contributed by atoms with van der Waals surface area (Å²) in [5, 5.41) is 0.642. The third kappa shape index (κ3) is 2.78. The van der Waals surface area contributed by atoms with Gasteiger partial charge < -0.3 is 4.98 Å². The summed E-state index contributed by atoms with van der Waals surface area (Å²) in [6.07, 6.45) is 4.08. The Morgan fingerprint density at radius 2 is 1.96 bits per heavy atom. The van der Waals surface area contributed by atoms with Crippen molar-refractivity contribution in [1.29, 1.82) is 0 Å². The van der Waals surface area contributed by atoms with Gasteiger partial charge in [0.15, 0.2) is 0 Å². The molecule has 112 valence electrons. The zero-order valence-electron chi connectivity index (χ0n) is 12.2. The molecule has 0 atom stereocenters. The number of benzene rings is 1. The summed E-state index contributed by atoms with van der Waals surface area (Å²) in [5.74, 6) is 0.664. The smallest absolute Gasteiger partial charge is 0.259 e. The largest absolute Gasteiger partial charge is 0.310 e. The van der Waals surface area contributed by atoms with E-state index in [4.69, 9.17) is 0 Å². The van der Waals surface area contributed by atoms with Crippen LogP contribution in [0.15, 0.2) is 65.7 Å². The van der Waals surface area contributed by atoms with Crippen molar-refractivity contribution in [3.63, 3.8) is 0 Å². The van der Waals surface area contributed by atoms with Crippen LogP contribution in [0.2, 0.25) is 0 Å². The Kier molecular flexibility index (Phi) is 3.48. The number of aromatic amines is 1. The van der Waals surface area contributed by atoms with E-state index in [2.05, 4.69) is 15.0 Å². The van der Waals surface area contributed by atoms with Crippen LogP contribution >= 0.6 is 11.3 Å². The van der Waals surface area contributed by atoms with Crippen LogP contribution in [0.5, 0.6) is 0 Å². The average Bonchev–Trinajstić information content (AvgIpc) is 3.01. The molecule has 1 aromatic carbocycles. The van der Waals surface area contributed by atoms with Crippen LogP contribution in [0.4, 0.5) is 0 Å². The van der Waals surface area contributed by atoms with Crippen LogP contribution in [-0.4, -0.2) is 15.0 Å². The first kappa shape index (κ1) is 13.8. The van der Waals surface area contributed by atoms with Crippen molar-refractivity contribution in [1.82, 2.24) is 15.0 Å². The highest BCUT2D eigenvalue weighted by atomic mass is 32.1. The highest BCUT2D eigenvalue weighted by Gasteiger charge is 2.10. The number of nitrogens with one attached hydrogen (secondary N) is 1. The van der Waals surface area contributed by atoms with E-state index in [1.54, 1.807) is 23.7 Å². The SMILES string of the molecule is O=c1[nH]c(Cc2cccnc2)nc2sc(-c3ccccc3)cc12. The summed E-state index contributed by atoms with van der Waals surface area (Å²) >= 11 is 1.54. The molecule has 0 radical (unpaired) electrons. The van der Waals surface area contributed by atoms with E-state index < -0.39 is 0 Å². The first-order valence-electron chi connectivity index (χ1n) is 7.27. The lowest BCUT2D eigenvalue weighted by molar-refractivity contribution is 0.970. The van der Waals surface area contributed by atoms with Crippen molar-refractivity contribution in [2.45, 2.75) is 6.42 Å². The predicted molar refractivity (Wildman–Crippen MR) is 92.7 cm³/mol. The molecule has 3 heterocycles. The Hall–Kier alpha value is -2.79. The van der Waals surface area contributed by atoms with Crippen LogP contribution in [-0.2, 0) is 6.42 Å². The number of aromatic nitrogens is 3. The van der Waals surface area contributed by atoms with Gasteiger partial charge in [-0.15, -0.1) is 11.3 Å². The molecule has 0 unspecified atom stereocenters. The molecule has 0 spiro atoms. The van der Waals surface area contributed by atoms with Crippen molar-refractivity contribution in [2.75, 3.05) is 0 Å². The topological polar surface area (TPSA) is 58.6 Å². The fraction of sp³-hybridized carbons (Fsp3) is 0.0556. The summed E-state index contributed by atoms with van der Waals surface area (Å²) in [6.45, 7) is 0. The van der Waals surface area contributed by atoms with Crippen LogP contribution in [0.25, 0.3) is 20.7 Å². The number of nitrogens with zero attached hydrogens (tertiary/aromatic N) is 2. The molecule has 0 saturated heterocycles. The third-order valence-corrected chi connectivity index (χ3v) is 4.68. The monoisotopic (exact) mass is 319 g/mol. The quantitative estimate of drug-likeness (QED) is 0.627. The molecule has 0 aliphatic carbocycles. The Labute approximate surface area is 136 Å². The van der Waals surface area contributed by atoms with Crippen molar-refractivity contribution < 1.29 is 0 Å². The second-order valence-electron chi connectivity index (χ2n) is 5.25. The van der Waals surface area contributed by atoms with Gasteiger partial charge in [-0.2, -0.15) is 0 Å². The first-order chi connectivity index (χ1) is 11.3. The molecular weight excluding hydrogens is 306 g/mol. The number of fused-ring (bicyclic) bond motifs is 1. The van der Waals surface area contributed by atoms with Gasteiger partial charge in [0.2, 0.25) is 0 Å². The van der Waals surface area contributed by atoms with Crippen LogP contribution in [0.3, 0.4) is 0 Å². The second kappa shape index (κ2) is 5.78. The van der Waals surface area contributed by atoms with Gasteiger partial charge in [-0.25, -0.2) is 4.98 Å². The number of thiophene rings is 1. The fourth-order valence-corrected chi connectivity index (χ4v) is 3.56. The van der Waals surface area contributed by atoms with Gasteiger partial charge in [0.05, 0.1) is 5.39 Å². The van der Waals surface area contributed by atoms with E-state index in [0.717, 1.165) is 20.8 Å². The molecule has 3 aromatic heterocycles. The van der Waals surface area contributed by atoms with Crippen LogP contribution in [0, 0.1) is 0 Å². The lowest BCUT2D eigenvalue weighted by atomic mass is 10.2. The van der Waals surface area contributed by atoms with E-state index in [1.807, 2.05) is 48.5 Å². The molecular formula is C18H13N3OS. The number of rotatable bonds is 3. The summed E-state index contributed by atoms with van der Waals surface area (Å²) in [6, 6.07) is 15.8. The first-order valence-corrected chi connectivity index (χ1v) is 8.08. The van der Waals surface area contributed by atoms with E-state index in [0.29, 0.717) is 17.6 Å². The minimum atomic E-state index is -0.0904. The molecule has 5 heteroatoms. The minimum Gasteiger partial charge on any atom is -0.310 e. The van der Waals surface area contributed by atoms with Gasteiger partial charge in [-0.05, 0) is 23.3 Å². The summed E-state index contributed by atoms with van der Waals surface area (Å²) in [7, 11) is 0. The van der Waals surface area contributed by atoms with Gasteiger partial charge in [0.1, 0.15) is 10.7 Å². The third-order valence-electron chi connectivity index (χ3n) is 3.60. The van der Waals surface area contributed by atoms with Crippen molar-refractivity contribution in [3.05, 3.63) is 82.7 Å². The molecule has 4 aromatic rings. The zero-order chi connectivity index (χ0) is 15.6. The Balaban J connectivity index is 1.77. The maximum atomic E-state index is 12.3. The highest BCUT2D eigenvalue weighted by molar-refractivity contribution is 7.21. The lowest BCUT2D eigenvalue weighted by Gasteiger charge is -2.00. The molecule has 0 amide bonds. The van der Waals surface area contributed by atoms with Crippen LogP contribution in [0.1, 0.15) is 11.4 Å². The Morgan fingerprint density at radius 3 is 2.74 bits per heavy atom. The van der Waals surface area contributed by atoms with Gasteiger partial charge in [-0.1, -0.05) is 36.4 Å². The molecule has 4 nitrogen and oxygen atoms in total. The standard InChI is InChI=1S/C18H13N3OS/c22-17-14-10-15(13-6-2-1-3-7-13)23-18(14)21-16(20-17)9-12-5-4-8-19-11-12/h1-8,10-11H,9H2,(H,20,21,22). The van der Waals surface area contributed by atoms with Crippen molar-refractivity contribution >= 4 is 21.6 Å². The summed E-state index contributed by atoms with van der Waals surface area (Å²) in [5.41, 5.74) is 2.03. The zero-order valence-corrected chi connectivity index (χ0v) is 13.0. The van der Waals surface area contributed by atoms with Gasteiger partial charge in [0.25, 0.3) is 5.56 Å². The summed E-state index contributed by atoms with van der Waals surface area (Å²) < 4.78 is 0. The molecule has 23 heavy (non-hydrogen) atoms. The second-order valence-corrected chi connectivity index (χ2v) is 6.28. The van der Waals surface area contributed by atoms with E-state index in [-0.39, 0.29) is 5.56 Å². The maximum absolute atomic E-state index is 12.3. The average molecular weight is 319 g/mol. The van der Waals surface area contributed by atoms with Gasteiger partial charge >= 0.3 is 0 Å². The molecule has 0 fully saturated rings. The molecule has 0 aliphatic rings. The maximum Gasteiger partial charge on any atom is 0.259 e. The van der Waals surface area contributed by atoms with E-state index in [9.17, 15) is 4.79 Å². The van der Waals surface area contributed by atoms with Crippen molar-refractivity contribution in [2.24, 2.45) is 0 Å². The predicted octanol–water partition coefficient (Wildman–Crippen LogP) is 3.64. The summed E-state index contributed by atoms with van der Waals surface area (Å²) in [4.78, 5) is 25.7. The Bertz CT molecular complexity index is 1010. The molecule has 4 rings (SSSR count). The fourth-order valence-electron chi connectivity index (χ4n) is 2.50. The number of pyridine rings is 1. The minimum absolute atomic E-state index is 0.0904. The van der Waals surface area contributed by atoms with Crippen LogP contribution < -0.4 is 5.56 Å². The number of H-pyrrole nitrogens is 1. The number of hydrogen-bond acceptors (Lipinski definition) is 4.